The number of carbonyl (C=O) groups excluding carboxylic acids is 2. The lowest BCUT2D eigenvalue weighted by Crippen LogP contribution is -2.56. The topological polar surface area (TPSA) is 112 Å². The predicted molar refractivity (Wildman–Crippen MR) is 159 cm³/mol. The zero-order valence-corrected chi connectivity index (χ0v) is 25.9. The molecule has 3 aliphatic rings. The van der Waals surface area contributed by atoms with E-state index in [1.54, 1.807) is 28.0 Å². The molecule has 10 nitrogen and oxygen atoms in total. The van der Waals surface area contributed by atoms with Crippen molar-refractivity contribution in [2.75, 3.05) is 45.9 Å². The second-order valence-corrected chi connectivity index (χ2v) is 15.4. The summed E-state index contributed by atoms with van der Waals surface area (Å²) in [6, 6.07) is 6.83. The number of aromatic nitrogens is 1. The van der Waals surface area contributed by atoms with Gasteiger partial charge in [-0.15, -0.1) is 22.7 Å². The quantitative estimate of drug-likeness (QED) is 0.442. The minimum absolute atomic E-state index is 0.00756. The minimum atomic E-state index is -3.81. The monoisotopic (exact) mass is 637 g/mol. The van der Waals surface area contributed by atoms with Gasteiger partial charge in [-0.3, -0.25) is 9.59 Å². The van der Waals surface area contributed by atoms with Crippen LogP contribution < -0.4 is 5.32 Å². The third-order valence-electron chi connectivity index (χ3n) is 7.89. The molecule has 0 saturated carbocycles. The van der Waals surface area contributed by atoms with E-state index < -0.39 is 16.1 Å². The van der Waals surface area contributed by atoms with Crippen LogP contribution in [0.5, 0.6) is 0 Å². The lowest BCUT2D eigenvalue weighted by molar-refractivity contribution is -0.135. The zero-order chi connectivity index (χ0) is 28.7. The average Bonchev–Trinajstić information content (AvgIpc) is 3.60. The minimum Gasteiger partial charge on any atom is -0.378 e. The molecule has 3 aromatic rings. The zero-order valence-electron chi connectivity index (χ0n) is 22.7. The van der Waals surface area contributed by atoms with E-state index in [4.69, 9.17) is 16.3 Å². The molecule has 0 aliphatic carbocycles. The number of hydrogen-bond donors (Lipinski definition) is 1. The molecule has 1 aromatic carbocycles. The molecule has 3 aliphatic heterocycles. The van der Waals surface area contributed by atoms with Gasteiger partial charge in [0, 0.05) is 78.8 Å². The van der Waals surface area contributed by atoms with Crippen molar-refractivity contribution in [3.63, 3.8) is 0 Å². The molecule has 2 saturated heterocycles. The Hall–Kier alpha value is -2.13. The Balaban J connectivity index is 1.24. The second-order valence-electron chi connectivity index (χ2n) is 10.7. The van der Waals surface area contributed by atoms with Crippen molar-refractivity contribution < 1.29 is 22.7 Å². The summed E-state index contributed by atoms with van der Waals surface area (Å²) in [4.78, 5) is 36.0. The molecule has 0 spiro atoms. The fourth-order valence-electron chi connectivity index (χ4n) is 5.58. The maximum absolute atomic E-state index is 13.8. The lowest BCUT2D eigenvalue weighted by atomic mass is 10.1. The Morgan fingerprint density at radius 1 is 1.15 bits per heavy atom. The summed E-state index contributed by atoms with van der Waals surface area (Å²) in [5.41, 5.74) is 0.953. The first-order chi connectivity index (χ1) is 19.7. The number of thiophene rings is 1. The van der Waals surface area contributed by atoms with Crippen LogP contribution in [0.15, 0.2) is 28.5 Å². The number of ether oxygens (including phenoxy) is 1. The molecule has 14 heteroatoms. The number of benzene rings is 1. The molecule has 2 amide bonds. The van der Waals surface area contributed by atoms with Gasteiger partial charge in [-0.2, -0.15) is 4.31 Å². The van der Waals surface area contributed by atoms with Crippen LogP contribution in [0.4, 0.5) is 0 Å². The van der Waals surface area contributed by atoms with Crippen LogP contribution in [0.2, 0.25) is 5.02 Å². The Bertz CT molecular complexity index is 1570. The number of amides is 2. The average molecular weight is 638 g/mol. The number of rotatable bonds is 6. The van der Waals surface area contributed by atoms with Crippen molar-refractivity contribution in [2.24, 2.45) is 0 Å². The van der Waals surface area contributed by atoms with Gasteiger partial charge in [0.15, 0.2) is 5.01 Å². The number of carbonyl (C=O) groups is 2. The van der Waals surface area contributed by atoms with Gasteiger partial charge < -0.3 is 19.9 Å². The SMILES string of the molecule is CC1Cc2nc(C(=O)N3CCN(S(=O)(=O)c4cc5ccc(Cl)cc5s4)CC3CCC(=O)N3CCOCC3)sc2CN1. The molecule has 2 unspecified atom stereocenters. The Kier molecular flexibility index (Phi) is 8.38. The summed E-state index contributed by atoms with van der Waals surface area (Å²) in [7, 11) is -3.81. The number of thiazole rings is 1. The van der Waals surface area contributed by atoms with Crippen LogP contribution in [0.1, 0.15) is 40.1 Å². The third-order valence-corrected chi connectivity index (χ3v) is 12.6. The molecule has 6 rings (SSSR count). The van der Waals surface area contributed by atoms with E-state index >= 15 is 0 Å². The van der Waals surface area contributed by atoms with Crippen molar-refractivity contribution in [3.05, 3.63) is 44.9 Å². The Morgan fingerprint density at radius 3 is 2.76 bits per heavy atom. The molecule has 0 bridgehead atoms. The molecule has 220 valence electrons. The van der Waals surface area contributed by atoms with Crippen LogP contribution in [0, 0.1) is 0 Å². The molecule has 2 aromatic heterocycles. The van der Waals surface area contributed by atoms with Crippen molar-refractivity contribution >= 4 is 66.2 Å². The second kappa shape index (κ2) is 11.9. The summed E-state index contributed by atoms with van der Waals surface area (Å²) in [5, 5.41) is 5.20. The first-order valence-electron chi connectivity index (χ1n) is 13.8. The number of halogens is 1. The number of fused-ring (bicyclic) bond motifs is 2. The van der Waals surface area contributed by atoms with Gasteiger partial charge in [-0.05, 0) is 36.9 Å². The molecule has 2 atom stereocenters. The van der Waals surface area contributed by atoms with Gasteiger partial charge in [0.2, 0.25) is 5.91 Å². The van der Waals surface area contributed by atoms with Gasteiger partial charge in [0.05, 0.1) is 18.9 Å². The summed E-state index contributed by atoms with van der Waals surface area (Å²) in [5.74, 6) is -0.207. The molecule has 2 fully saturated rings. The van der Waals surface area contributed by atoms with E-state index in [9.17, 15) is 18.0 Å². The largest absolute Gasteiger partial charge is 0.378 e. The van der Waals surface area contributed by atoms with E-state index in [0.717, 1.165) is 27.1 Å². The van der Waals surface area contributed by atoms with Crippen LogP contribution in [0.25, 0.3) is 10.1 Å². The van der Waals surface area contributed by atoms with Crippen LogP contribution in [0.3, 0.4) is 0 Å². The predicted octanol–water partition coefficient (Wildman–Crippen LogP) is 3.20. The highest BCUT2D eigenvalue weighted by atomic mass is 35.5. The first kappa shape index (κ1) is 29.0. The maximum atomic E-state index is 13.8. The number of nitrogens with one attached hydrogen (secondary N) is 1. The standard InChI is InChI=1S/C27H32ClN5O5S3/c1-17-12-21-23(15-29-17)40-26(30-21)27(35)33-7-6-32(16-20(33)4-5-24(34)31-8-10-38-11-9-31)41(36,37)25-13-18-2-3-19(28)14-22(18)39-25/h2-3,13-14,17,20,29H,4-12,15-16H2,1H3. The fraction of sp³-hybridized carbons (Fsp3) is 0.519. The number of piperazine rings is 1. The van der Waals surface area contributed by atoms with E-state index in [1.165, 1.54) is 27.0 Å². The highest BCUT2D eigenvalue weighted by Gasteiger charge is 2.39. The summed E-state index contributed by atoms with van der Waals surface area (Å²) < 4.78 is 35.4. The van der Waals surface area contributed by atoms with Crippen molar-refractivity contribution in [1.29, 1.82) is 0 Å². The highest BCUT2D eigenvalue weighted by Crippen LogP contribution is 2.34. The molecular weight excluding hydrogens is 606 g/mol. The maximum Gasteiger partial charge on any atom is 0.283 e. The van der Waals surface area contributed by atoms with Gasteiger partial charge in [0.25, 0.3) is 15.9 Å². The smallest absolute Gasteiger partial charge is 0.283 e. The van der Waals surface area contributed by atoms with E-state index in [0.29, 0.717) is 55.3 Å². The van der Waals surface area contributed by atoms with E-state index in [2.05, 4.69) is 17.2 Å². The number of nitrogens with zero attached hydrogens (tertiary/aromatic N) is 4. The fourth-order valence-corrected chi connectivity index (χ4v) is 9.87. The summed E-state index contributed by atoms with van der Waals surface area (Å²) in [6.45, 7) is 5.39. The summed E-state index contributed by atoms with van der Waals surface area (Å²) in [6.07, 6.45) is 1.35. The van der Waals surface area contributed by atoms with Gasteiger partial charge in [0.1, 0.15) is 4.21 Å². The Labute approximate surface area is 252 Å². The van der Waals surface area contributed by atoms with Crippen LogP contribution in [-0.4, -0.2) is 97.3 Å². The van der Waals surface area contributed by atoms with Crippen LogP contribution in [-0.2, 0) is 32.5 Å². The van der Waals surface area contributed by atoms with Crippen molar-refractivity contribution in [1.82, 2.24) is 24.4 Å². The Morgan fingerprint density at radius 2 is 1.95 bits per heavy atom. The number of hydrogen-bond acceptors (Lipinski definition) is 9. The molecule has 1 N–H and O–H groups in total. The number of morpholine rings is 1. The molecular formula is C27H32ClN5O5S3. The van der Waals surface area contributed by atoms with Gasteiger partial charge in [-0.1, -0.05) is 17.7 Å². The normalized spacial score (nSPS) is 22.2. The lowest BCUT2D eigenvalue weighted by Gasteiger charge is -2.40. The summed E-state index contributed by atoms with van der Waals surface area (Å²) >= 11 is 8.71. The van der Waals surface area contributed by atoms with E-state index in [-0.39, 0.29) is 42.1 Å². The van der Waals surface area contributed by atoms with Gasteiger partial charge in [-0.25, -0.2) is 13.4 Å². The molecule has 0 radical (unpaired) electrons. The third kappa shape index (κ3) is 6.03. The van der Waals surface area contributed by atoms with E-state index in [1.807, 2.05) is 6.07 Å². The first-order valence-corrected chi connectivity index (χ1v) is 17.2. The van der Waals surface area contributed by atoms with Crippen molar-refractivity contribution in [3.8, 4) is 0 Å². The van der Waals surface area contributed by atoms with Gasteiger partial charge >= 0.3 is 0 Å². The molecule has 41 heavy (non-hydrogen) atoms. The molecule has 5 heterocycles. The number of sulfonamides is 1. The van der Waals surface area contributed by atoms with Crippen LogP contribution >= 0.6 is 34.3 Å². The highest BCUT2D eigenvalue weighted by molar-refractivity contribution is 7.91. The van der Waals surface area contributed by atoms with Crippen molar-refractivity contribution in [2.45, 2.75) is 49.0 Å².